The van der Waals surface area contributed by atoms with Gasteiger partial charge >= 0.3 is 0 Å². The Bertz CT molecular complexity index is 641. The summed E-state index contributed by atoms with van der Waals surface area (Å²) in [6.45, 7) is 3.53. The van der Waals surface area contributed by atoms with Crippen LogP contribution >= 0.6 is 0 Å². The van der Waals surface area contributed by atoms with Crippen LogP contribution in [0.3, 0.4) is 0 Å². The quantitative estimate of drug-likeness (QED) is 0.933. The first kappa shape index (κ1) is 15.0. The van der Waals surface area contributed by atoms with E-state index < -0.39 is 23.6 Å². The molecule has 0 aliphatic rings. The summed E-state index contributed by atoms with van der Waals surface area (Å²) in [5, 5.41) is 2.47. The maximum atomic E-state index is 13.1. The molecule has 2 aromatic carbocycles. The number of rotatable bonds is 4. The third-order valence-corrected chi connectivity index (χ3v) is 2.89. The fraction of sp³-hybridized carbons (Fsp3) is 0.188. The van der Waals surface area contributed by atoms with Gasteiger partial charge in [0.1, 0.15) is 5.75 Å². The Kier molecular flexibility index (Phi) is 4.52. The molecule has 0 saturated carbocycles. The monoisotopic (exact) mass is 291 g/mol. The number of aryl methyl sites for hydroxylation is 1. The Balaban J connectivity index is 1.98. The van der Waals surface area contributed by atoms with Crippen molar-refractivity contribution in [2.75, 3.05) is 5.32 Å². The number of hydrogen-bond donors (Lipinski definition) is 1. The van der Waals surface area contributed by atoms with Gasteiger partial charge in [-0.25, -0.2) is 8.78 Å². The zero-order chi connectivity index (χ0) is 15.4. The first-order valence-corrected chi connectivity index (χ1v) is 6.45. The number of carbonyl (C=O) groups excluding carboxylic acids is 1. The van der Waals surface area contributed by atoms with E-state index in [0.29, 0.717) is 5.75 Å². The van der Waals surface area contributed by atoms with E-state index in [-0.39, 0.29) is 5.69 Å². The minimum absolute atomic E-state index is 0.179. The van der Waals surface area contributed by atoms with E-state index >= 15 is 0 Å². The molecule has 0 aliphatic heterocycles. The average Bonchev–Trinajstić information content (AvgIpc) is 2.45. The summed E-state index contributed by atoms with van der Waals surface area (Å²) in [5.41, 5.74) is 1.26. The fourth-order valence-electron chi connectivity index (χ4n) is 1.69. The van der Waals surface area contributed by atoms with Gasteiger partial charge in [0.15, 0.2) is 17.7 Å². The maximum absolute atomic E-state index is 13.1. The molecule has 1 atom stereocenters. The summed E-state index contributed by atoms with van der Waals surface area (Å²) in [5.74, 6) is -1.85. The molecule has 2 aromatic rings. The standard InChI is InChI=1S/C16H15F2NO2/c1-10-3-6-13(7-4-10)21-11(2)16(20)19-12-5-8-14(17)15(18)9-12/h3-9,11H,1-2H3,(H,19,20). The van der Waals surface area contributed by atoms with E-state index in [2.05, 4.69) is 5.32 Å². The van der Waals surface area contributed by atoms with Crippen molar-refractivity contribution in [3.8, 4) is 5.75 Å². The Morgan fingerprint density at radius 3 is 2.38 bits per heavy atom. The number of amides is 1. The second-order valence-corrected chi connectivity index (χ2v) is 4.69. The lowest BCUT2D eigenvalue weighted by atomic mass is 10.2. The molecule has 110 valence electrons. The van der Waals surface area contributed by atoms with E-state index in [9.17, 15) is 13.6 Å². The summed E-state index contributed by atoms with van der Waals surface area (Å²) in [4.78, 5) is 11.9. The predicted molar refractivity (Wildman–Crippen MR) is 76.3 cm³/mol. The minimum atomic E-state index is -1.01. The number of ether oxygens (including phenoxy) is 1. The third-order valence-electron chi connectivity index (χ3n) is 2.89. The summed E-state index contributed by atoms with van der Waals surface area (Å²) < 4.78 is 31.3. The van der Waals surface area contributed by atoms with Gasteiger partial charge in [0.25, 0.3) is 5.91 Å². The Hall–Kier alpha value is -2.43. The van der Waals surface area contributed by atoms with Crippen molar-refractivity contribution in [2.24, 2.45) is 0 Å². The smallest absolute Gasteiger partial charge is 0.265 e. The molecule has 0 aliphatic carbocycles. The van der Waals surface area contributed by atoms with Crippen molar-refractivity contribution in [3.63, 3.8) is 0 Å². The molecule has 0 aromatic heterocycles. The highest BCUT2D eigenvalue weighted by Crippen LogP contribution is 2.16. The van der Waals surface area contributed by atoms with Crippen LogP contribution in [0.5, 0.6) is 5.75 Å². The lowest BCUT2D eigenvalue weighted by Gasteiger charge is -2.15. The van der Waals surface area contributed by atoms with Crippen LogP contribution in [0.15, 0.2) is 42.5 Å². The number of hydrogen-bond acceptors (Lipinski definition) is 2. The van der Waals surface area contributed by atoms with E-state index in [1.165, 1.54) is 6.07 Å². The van der Waals surface area contributed by atoms with E-state index in [1.54, 1.807) is 19.1 Å². The van der Waals surface area contributed by atoms with Crippen LogP contribution in [0.2, 0.25) is 0 Å². The summed E-state index contributed by atoms with van der Waals surface area (Å²) in [6, 6.07) is 10.4. The number of nitrogens with one attached hydrogen (secondary N) is 1. The minimum Gasteiger partial charge on any atom is -0.481 e. The number of halogens is 2. The van der Waals surface area contributed by atoms with Crippen LogP contribution in [0.25, 0.3) is 0 Å². The zero-order valence-electron chi connectivity index (χ0n) is 11.7. The number of benzene rings is 2. The van der Waals surface area contributed by atoms with Crippen molar-refractivity contribution in [1.82, 2.24) is 0 Å². The molecule has 1 amide bonds. The molecule has 1 N–H and O–H groups in total. The fourth-order valence-corrected chi connectivity index (χ4v) is 1.69. The summed E-state index contributed by atoms with van der Waals surface area (Å²) >= 11 is 0. The molecule has 0 heterocycles. The van der Waals surface area contributed by atoms with E-state index in [0.717, 1.165) is 17.7 Å². The molecular formula is C16H15F2NO2. The lowest BCUT2D eigenvalue weighted by Crippen LogP contribution is -2.30. The molecular weight excluding hydrogens is 276 g/mol. The van der Waals surface area contributed by atoms with Gasteiger partial charge in [-0.15, -0.1) is 0 Å². The van der Waals surface area contributed by atoms with Gasteiger partial charge in [-0.2, -0.15) is 0 Å². The number of anilines is 1. The normalized spacial score (nSPS) is 11.8. The highest BCUT2D eigenvalue weighted by Gasteiger charge is 2.15. The highest BCUT2D eigenvalue weighted by molar-refractivity contribution is 5.94. The molecule has 21 heavy (non-hydrogen) atoms. The van der Waals surface area contributed by atoms with E-state index in [4.69, 9.17) is 4.74 Å². The molecule has 2 rings (SSSR count). The zero-order valence-corrected chi connectivity index (χ0v) is 11.7. The molecule has 1 unspecified atom stereocenters. The van der Waals surface area contributed by atoms with Crippen molar-refractivity contribution in [1.29, 1.82) is 0 Å². The maximum Gasteiger partial charge on any atom is 0.265 e. The van der Waals surface area contributed by atoms with Gasteiger partial charge in [0.2, 0.25) is 0 Å². The molecule has 0 fully saturated rings. The van der Waals surface area contributed by atoms with Gasteiger partial charge in [0, 0.05) is 11.8 Å². The lowest BCUT2D eigenvalue weighted by molar-refractivity contribution is -0.122. The van der Waals surface area contributed by atoms with Crippen LogP contribution < -0.4 is 10.1 Å². The topological polar surface area (TPSA) is 38.3 Å². The van der Waals surface area contributed by atoms with Gasteiger partial charge in [-0.1, -0.05) is 17.7 Å². The van der Waals surface area contributed by atoms with Crippen molar-refractivity contribution in [2.45, 2.75) is 20.0 Å². The van der Waals surface area contributed by atoms with E-state index in [1.807, 2.05) is 19.1 Å². The predicted octanol–water partition coefficient (Wildman–Crippen LogP) is 3.68. The second kappa shape index (κ2) is 6.35. The second-order valence-electron chi connectivity index (χ2n) is 4.69. The van der Waals surface area contributed by atoms with Crippen LogP contribution in [0.4, 0.5) is 14.5 Å². The molecule has 3 nitrogen and oxygen atoms in total. The van der Waals surface area contributed by atoms with Gasteiger partial charge in [-0.05, 0) is 38.1 Å². The molecule has 5 heteroatoms. The highest BCUT2D eigenvalue weighted by atomic mass is 19.2. The molecule has 0 bridgehead atoms. The summed E-state index contributed by atoms with van der Waals surface area (Å²) in [7, 11) is 0. The van der Waals surface area contributed by atoms with Gasteiger partial charge in [-0.3, -0.25) is 4.79 Å². The number of carbonyl (C=O) groups is 1. The van der Waals surface area contributed by atoms with Gasteiger partial charge in [0.05, 0.1) is 0 Å². The van der Waals surface area contributed by atoms with Crippen molar-refractivity contribution in [3.05, 3.63) is 59.7 Å². The first-order valence-electron chi connectivity index (χ1n) is 6.45. The van der Waals surface area contributed by atoms with Crippen molar-refractivity contribution < 1.29 is 18.3 Å². The average molecular weight is 291 g/mol. The first-order chi connectivity index (χ1) is 9.95. The van der Waals surface area contributed by atoms with Crippen LogP contribution in [0.1, 0.15) is 12.5 Å². The summed E-state index contributed by atoms with van der Waals surface area (Å²) in [6.07, 6.45) is -0.763. The Morgan fingerprint density at radius 2 is 1.76 bits per heavy atom. The Morgan fingerprint density at radius 1 is 1.10 bits per heavy atom. The SMILES string of the molecule is Cc1ccc(OC(C)C(=O)Nc2ccc(F)c(F)c2)cc1. The Labute approximate surface area is 121 Å². The van der Waals surface area contributed by atoms with Crippen LogP contribution in [-0.4, -0.2) is 12.0 Å². The molecule has 0 radical (unpaired) electrons. The van der Waals surface area contributed by atoms with Crippen LogP contribution in [-0.2, 0) is 4.79 Å². The van der Waals surface area contributed by atoms with Gasteiger partial charge < -0.3 is 10.1 Å². The van der Waals surface area contributed by atoms with Crippen LogP contribution in [0, 0.1) is 18.6 Å². The molecule has 0 saturated heterocycles. The molecule has 0 spiro atoms. The largest absolute Gasteiger partial charge is 0.481 e. The van der Waals surface area contributed by atoms with Crippen molar-refractivity contribution >= 4 is 11.6 Å². The third kappa shape index (κ3) is 4.02.